The molecular formula is C25H29NO5. The number of hydrogen-bond donors (Lipinski definition) is 0. The first-order chi connectivity index (χ1) is 14.7. The molecule has 2 aromatic carbocycles. The zero-order valence-electron chi connectivity index (χ0n) is 18.5. The van der Waals surface area contributed by atoms with Crippen molar-refractivity contribution in [3.63, 3.8) is 0 Å². The molecule has 4 rings (SSSR count). The number of benzene rings is 2. The second-order valence-electron chi connectivity index (χ2n) is 9.63. The maximum absolute atomic E-state index is 13.0. The zero-order valence-corrected chi connectivity index (χ0v) is 18.5. The van der Waals surface area contributed by atoms with E-state index in [0.717, 1.165) is 25.0 Å². The molecule has 0 spiro atoms. The molecule has 0 aromatic heterocycles. The van der Waals surface area contributed by atoms with Crippen LogP contribution in [0, 0.1) is 32.8 Å². The third-order valence-electron chi connectivity index (χ3n) is 8.09. The highest BCUT2D eigenvalue weighted by atomic mass is 16.6. The van der Waals surface area contributed by atoms with Crippen LogP contribution in [0.5, 0.6) is 5.75 Å². The SMILES string of the molecule is COc1ccc(C[C@H]2[C@H]3CC[C@@](C)([C@@H]2OC(=O)c2ccc([N+](=O)[O-])cc2)C3(C)C)cc1. The Kier molecular flexibility index (Phi) is 5.28. The molecule has 2 aliphatic rings. The Morgan fingerprint density at radius 3 is 2.32 bits per heavy atom. The summed E-state index contributed by atoms with van der Waals surface area (Å²) < 4.78 is 11.4. The van der Waals surface area contributed by atoms with Crippen LogP contribution in [0.3, 0.4) is 0 Å². The largest absolute Gasteiger partial charge is 0.497 e. The molecule has 4 atom stereocenters. The maximum Gasteiger partial charge on any atom is 0.338 e. The topological polar surface area (TPSA) is 78.7 Å². The van der Waals surface area contributed by atoms with Gasteiger partial charge in [-0.3, -0.25) is 10.1 Å². The Morgan fingerprint density at radius 2 is 1.74 bits per heavy atom. The smallest absolute Gasteiger partial charge is 0.338 e. The molecule has 164 valence electrons. The van der Waals surface area contributed by atoms with Crippen LogP contribution in [0.1, 0.15) is 49.5 Å². The van der Waals surface area contributed by atoms with Gasteiger partial charge < -0.3 is 9.47 Å². The molecule has 2 fully saturated rings. The van der Waals surface area contributed by atoms with E-state index in [1.54, 1.807) is 7.11 Å². The number of nitro groups is 1. The second-order valence-corrected chi connectivity index (χ2v) is 9.63. The lowest BCUT2D eigenvalue weighted by Crippen LogP contribution is -2.41. The molecule has 0 aliphatic heterocycles. The third-order valence-corrected chi connectivity index (χ3v) is 8.09. The number of ether oxygens (including phenoxy) is 2. The Hall–Kier alpha value is -2.89. The summed E-state index contributed by atoms with van der Waals surface area (Å²) in [5.41, 5.74) is 1.46. The number of methoxy groups -OCH3 is 1. The average molecular weight is 424 g/mol. The van der Waals surface area contributed by atoms with Crippen LogP contribution in [0.2, 0.25) is 0 Å². The van der Waals surface area contributed by atoms with E-state index in [4.69, 9.17) is 9.47 Å². The average Bonchev–Trinajstić information content (AvgIpc) is 3.07. The molecular weight excluding hydrogens is 394 g/mol. The summed E-state index contributed by atoms with van der Waals surface area (Å²) in [6.07, 6.45) is 2.80. The summed E-state index contributed by atoms with van der Waals surface area (Å²) >= 11 is 0. The van der Waals surface area contributed by atoms with Crippen molar-refractivity contribution in [2.24, 2.45) is 22.7 Å². The number of hydrogen-bond acceptors (Lipinski definition) is 5. The van der Waals surface area contributed by atoms with E-state index in [0.29, 0.717) is 11.5 Å². The number of nitrogens with zero attached hydrogens (tertiary/aromatic N) is 1. The minimum Gasteiger partial charge on any atom is -0.497 e. The minimum absolute atomic E-state index is 0.0399. The van der Waals surface area contributed by atoms with Crippen LogP contribution in [0.4, 0.5) is 5.69 Å². The van der Waals surface area contributed by atoms with Gasteiger partial charge >= 0.3 is 5.97 Å². The maximum atomic E-state index is 13.0. The Bertz CT molecular complexity index is 982. The predicted molar refractivity (Wildman–Crippen MR) is 117 cm³/mol. The third kappa shape index (κ3) is 3.48. The lowest BCUT2D eigenvalue weighted by atomic mass is 9.70. The van der Waals surface area contributed by atoms with Gasteiger partial charge in [-0.05, 0) is 60.4 Å². The van der Waals surface area contributed by atoms with Gasteiger partial charge in [0.05, 0.1) is 17.6 Å². The number of non-ortho nitro benzene ring substituents is 1. The highest BCUT2D eigenvalue weighted by Gasteiger charge is 2.67. The lowest BCUT2D eigenvalue weighted by Gasteiger charge is -2.39. The van der Waals surface area contributed by atoms with Gasteiger partial charge in [0.25, 0.3) is 5.69 Å². The number of esters is 1. The van der Waals surface area contributed by atoms with E-state index in [9.17, 15) is 14.9 Å². The van der Waals surface area contributed by atoms with E-state index >= 15 is 0 Å². The monoisotopic (exact) mass is 423 g/mol. The van der Waals surface area contributed by atoms with E-state index in [1.165, 1.54) is 29.8 Å². The summed E-state index contributed by atoms with van der Waals surface area (Å²) in [6, 6.07) is 13.7. The van der Waals surface area contributed by atoms with Crippen LogP contribution in [0.15, 0.2) is 48.5 Å². The van der Waals surface area contributed by atoms with Crippen LogP contribution in [-0.2, 0) is 11.2 Å². The van der Waals surface area contributed by atoms with Crippen molar-refractivity contribution in [1.82, 2.24) is 0 Å². The highest BCUT2D eigenvalue weighted by Crippen LogP contribution is 2.69. The molecule has 0 amide bonds. The normalized spacial score (nSPS) is 28.3. The molecule has 2 saturated carbocycles. The van der Waals surface area contributed by atoms with Gasteiger partial charge in [0.15, 0.2) is 0 Å². The van der Waals surface area contributed by atoms with Gasteiger partial charge in [0, 0.05) is 23.5 Å². The van der Waals surface area contributed by atoms with Crippen molar-refractivity contribution in [3.05, 3.63) is 69.8 Å². The summed E-state index contributed by atoms with van der Waals surface area (Å²) in [5, 5.41) is 10.9. The van der Waals surface area contributed by atoms with Crippen molar-refractivity contribution >= 4 is 11.7 Å². The number of carbonyl (C=O) groups excluding carboxylic acids is 1. The van der Waals surface area contributed by atoms with Crippen molar-refractivity contribution in [1.29, 1.82) is 0 Å². The van der Waals surface area contributed by atoms with Crippen LogP contribution in [-0.4, -0.2) is 24.1 Å². The van der Waals surface area contributed by atoms with Crippen molar-refractivity contribution in [2.45, 2.75) is 46.1 Å². The molecule has 2 aromatic rings. The first kappa shape index (κ1) is 21.3. The first-order valence-electron chi connectivity index (χ1n) is 10.8. The van der Waals surface area contributed by atoms with Gasteiger partial charge in [-0.25, -0.2) is 4.79 Å². The molecule has 0 saturated heterocycles. The van der Waals surface area contributed by atoms with Crippen molar-refractivity contribution in [3.8, 4) is 5.75 Å². The quantitative estimate of drug-likeness (QED) is 0.351. The van der Waals surface area contributed by atoms with E-state index in [-0.39, 0.29) is 28.5 Å². The lowest BCUT2D eigenvalue weighted by molar-refractivity contribution is -0.384. The molecule has 31 heavy (non-hydrogen) atoms. The fraction of sp³-hybridized carbons (Fsp3) is 0.480. The molecule has 6 nitrogen and oxygen atoms in total. The van der Waals surface area contributed by atoms with Crippen molar-refractivity contribution in [2.75, 3.05) is 7.11 Å². The highest BCUT2D eigenvalue weighted by molar-refractivity contribution is 5.89. The summed E-state index contributed by atoms with van der Waals surface area (Å²) in [4.78, 5) is 23.4. The van der Waals surface area contributed by atoms with Crippen LogP contribution in [0.25, 0.3) is 0 Å². The predicted octanol–water partition coefficient (Wildman–Crippen LogP) is 5.44. The molecule has 2 bridgehead atoms. The molecule has 2 aliphatic carbocycles. The standard InChI is InChI=1S/C25H29NO5/c1-24(2)21-13-14-25(24,3)22(20(21)15-16-5-11-19(30-4)12-6-16)31-23(27)17-7-9-18(10-8-17)26(28)29/h5-12,20-22H,13-15H2,1-4H3/t20-,21+,22+,25-/m0/s1. The van der Waals surface area contributed by atoms with Crippen LogP contribution >= 0.6 is 0 Å². The minimum atomic E-state index is -0.473. The molecule has 0 heterocycles. The van der Waals surface area contributed by atoms with Crippen molar-refractivity contribution < 1.29 is 19.2 Å². The molecule has 0 N–H and O–H groups in total. The van der Waals surface area contributed by atoms with Gasteiger partial charge in [-0.2, -0.15) is 0 Å². The molecule has 6 heteroatoms. The number of carbonyl (C=O) groups is 1. The Labute approximate surface area is 182 Å². The van der Waals surface area contributed by atoms with E-state index in [1.807, 2.05) is 12.1 Å². The van der Waals surface area contributed by atoms with Crippen LogP contribution < -0.4 is 4.74 Å². The number of rotatable bonds is 6. The summed E-state index contributed by atoms with van der Waals surface area (Å²) in [5.74, 6) is 1.10. The molecule has 0 radical (unpaired) electrons. The second kappa shape index (κ2) is 7.66. The zero-order chi connectivity index (χ0) is 22.4. The van der Waals surface area contributed by atoms with E-state index < -0.39 is 10.9 Å². The number of nitro benzene ring substituents is 1. The van der Waals surface area contributed by atoms with Gasteiger partial charge in [0.1, 0.15) is 11.9 Å². The van der Waals surface area contributed by atoms with E-state index in [2.05, 4.69) is 32.9 Å². The first-order valence-corrected chi connectivity index (χ1v) is 10.8. The summed E-state index contributed by atoms with van der Waals surface area (Å²) in [6.45, 7) is 6.84. The fourth-order valence-electron chi connectivity index (χ4n) is 5.91. The van der Waals surface area contributed by atoms with Gasteiger partial charge in [-0.15, -0.1) is 0 Å². The Balaban J connectivity index is 1.59. The fourth-order valence-corrected chi connectivity index (χ4v) is 5.91. The van der Waals surface area contributed by atoms with Gasteiger partial charge in [0.2, 0.25) is 0 Å². The number of fused-ring (bicyclic) bond motifs is 2. The van der Waals surface area contributed by atoms with Gasteiger partial charge in [-0.1, -0.05) is 32.9 Å². The summed E-state index contributed by atoms with van der Waals surface area (Å²) in [7, 11) is 1.65. The molecule has 0 unspecified atom stereocenters. The Morgan fingerprint density at radius 1 is 1.10 bits per heavy atom.